The van der Waals surface area contributed by atoms with Gasteiger partial charge in [0.05, 0.1) is 17.4 Å². The first-order valence-electron chi connectivity index (χ1n) is 6.31. The summed E-state index contributed by atoms with van der Waals surface area (Å²) in [4.78, 5) is 24.3. The molecule has 0 aliphatic heterocycles. The van der Waals surface area contributed by atoms with Crippen LogP contribution in [0.15, 0.2) is 18.2 Å². The normalized spacial score (nSPS) is 10.2. The molecule has 0 aliphatic rings. The van der Waals surface area contributed by atoms with Crippen molar-refractivity contribution in [3.05, 3.63) is 39.4 Å². The molecule has 0 N–H and O–H groups in total. The third-order valence-corrected chi connectivity index (χ3v) is 3.00. The molecule has 1 rings (SSSR count). The molecule has 0 spiro atoms. The highest BCUT2D eigenvalue weighted by Crippen LogP contribution is 2.21. The maximum Gasteiger partial charge on any atom is 0.273 e. The lowest BCUT2D eigenvalue weighted by atomic mass is 10.1. The number of aryl methyl sites for hydroxylation is 1. The Hall–Kier alpha value is -2.42. The Morgan fingerprint density at radius 2 is 2.15 bits per heavy atom. The van der Waals surface area contributed by atoms with E-state index in [-0.39, 0.29) is 29.6 Å². The van der Waals surface area contributed by atoms with Gasteiger partial charge in [0.25, 0.3) is 11.6 Å². The first kappa shape index (κ1) is 15.6. The van der Waals surface area contributed by atoms with E-state index in [2.05, 4.69) is 0 Å². The fraction of sp³-hybridized carbons (Fsp3) is 0.429. The summed E-state index contributed by atoms with van der Waals surface area (Å²) in [5.74, 6) is -0.293. The average Bonchev–Trinajstić information content (AvgIpc) is 2.38. The molecule has 1 aromatic rings. The highest BCUT2D eigenvalue weighted by molar-refractivity contribution is 5.95. The molecule has 20 heavy (non-hydrogen) atoms. The summed E-state index contributed by atoms with van der Waals surface area (Å²) < 4.78 is 0. The molecule has 0 unspecified atom stereocenters. The van der Waals surface area contributed by atoms with E-state index in [1.54, 1.807) is 19.1 Å². The molecule has 1 aromatic carbocycles. The lowest BCUT2D eigenvalue weighted by Crippen LogP contribution is -2.37. The van der Waals surface area contributed by atoms with Crippen LogP contribution in [0.4, 0.5) is 5.69 Å². The van der Waals surface area contributed by atoms with Crippen LogP contribution in [0, 0.1) is 28.4 Å². The monoisotopic (exact) mass is 275 g/mol. The van der Waals surface area contributed by atoms with Gasteiger partial charge in [-0.15, -0.1) is 0 Å². The molecular formula is C14H17N3O3. The number of nitriles is 1. The summed E-state index contributed by atoms with van der Waals surface area (Å²) in [7, 11) is 0. The molecule has 6 heteroatoms. The Morgan fingerprint density at radius 3 is 2.65 bits per heavy atom. The Bertz CT molecular complexity index is 561. The largest absolute Gasteiger partial charge is 0.335 e. The molecular weight excluding hydrogens is 258 g/mol. The molecule has 0 saturated carbocycles. The summed E-state index contributed by atoms with van der Waals surface area (Å²) in [5, 5.41) is 19.5. The van der Waals surface area contributed by atoms with Crippen molar-refractivity contribution in [2.45, 2.75) is 33.2 Å². The Kier molecular flexibility index (Phi) is 5.21. The number of amides is 1. The van der Waals surface area contributed by atoms with Gasteiger partial charge in [-0.05, 0) is 26.8 Å². The van der Waals surface area contributed by atoms with E-state index >= 15 is 0 Å². The first-order valence-corrected chi connectivity index (χ1v) is 6.31. The lowest BCUT2D eigenvalue weighted by Gasteiger charge is -2.25. The summed E-state index contributed by atoms with van der Waals surface area (Å²) in [6, 6.07) is 6.35. The van der Waals surface area contributed by atoms with Gasteiger partial charge in [0.2, 0.25) is 0 Å². The zero-order chi connectivity index (χ0) is 15.3. The summed E-state index contributed by atoms with van der Waals surface area (Å²) in [6.45, 7) is 5.63. The second-order valence-corrected chi connectivity index (χ2v) is 4.76. The van der Waals surface area contributed by atoms with Crippen molar-refractivity contribution >= 4 is 11.6 Å². The first-order chi connectivity index (χ1) is 9.38. The van der Waals surface area contributed by atoms with E-state index in [9.17, 15) is 14.9 Å². The molecule has 0 bridgehead atoms. The number of hydrogen-bond acceptors (Lipinski definition) is 4. The van der Waals surface area contributed by atoms with Crippen LogP contribution in [0.5, 0.6) is 0 Å². The van der Waals surface area contributed by atoms with Crippen molar-refractivity contribution < 1.29 is 9.72 Å². The summed E-state index contributed by atoms with van der Waals surface area (Å²) >= 11 is 0. The summed E-state index contributed by atoms with van der Waals surface area (Å²) in [6.07, 6.45) is 0.234. The van der Waals surface area contributed by atoms with Gasteiger partial charge in [-0.25, -0.2) is 0 Å². The molecule has 0 atom stereocenters. The second-order valence-electron chi connectivity index (χ2n) is 4.76. The van der Waals surface area contributed by atoms with Crippen LogP contribution in [-0.2, 0) is 0 Å². The van der Waals surface area contributed by atoms with E-state index in [0.717, 1.165) is 0 Å². The van der Waals surface area contributed by atoms with Crippen molar-refractivity contribution in [2.24, 2.45) is 0 Å². The Morgan fingerprint density at radius 1 is 1.50 bits per heavy atom. The smallest absolute Gasteiger partial charge is 0.273 e. The molecule has 0 heterocycles. The summed E-state index contributed by atoms with van der Waals surface area (Å²) in [5.41, 5.74) is 0.716. The molecule has 106 valence electrons. The molecule has 0 radical (unpaired) electrons. The number of rotatable bonds is 5. The van der Waals surface area contributed by atoms with E-state index in [4.69, 9.17) is 5.26 Å². The maximum atomic E-state index is 12.4. The average molecular weight is 275 g/mol. The van der Waals surface area contributed by atoms with Crippen molar-refractivity contribution in [1.82, 2.24) is 4.90 Å². The van der Waals surface area contributed by atoms with Gasteiger partial charge >= 0.3 is 0 Å². The highest BCUT2D eigenvalue weighted by atomic mass is 16.6. The fourth-order valence-corrected chi connectivity index (χ4v) is 1.87. The van der Waals surface area contributed by atoms with Gasteiger partial charge in [0, 0.05) is 29.8 Å². The highest BCUT2D eigenvalue weighted by Gasteiger charge is 2.21. The molecule has 1 amide bonds. The maximum absolute atomic E-state index is 12.4. The fourth-order valence-electron chi connectivity index (χ4n) is 1.87. The minimum absolute atomic E-state index is 0.0696. The third-order valence-electron chi connectivity index (χ3n) is 3.00. The topological polar surface area (TPSA) is 87.2 Å². The van der Waals surface area contributed by atoms with Crippen LogP contribution in [-0.4, -0.2) is 28.3 Å². The van der Waals surface area contributed by atoms with E-state index in [0.29, 0.717) is 12.1 Å². The standard InChI is InChI=1S/C14H17N3O3/c1-10(2)16(8-4-7-15)14(18)12-6-5-11(3)13(9-12)17(19)20/h5-6,9-10H,4,8H2,1-3H3. The molecule has 0 aliphatic carbocycles. The third kappa shape index (κ3) is 3.54. The van der Waals surface area contributed by atoms with Crippen LogP contribution in [0.2, 0.25) is 0 Å². The van der Waals surface area contributed by atoms with Gasteiger partial charge in [-0.2, -0.15) is 5.26 Å². The number of carbonyl (C=O) groups excluding carboxylic acids is 1. The van der Waals surface area contributed by atoms with Crippen LogP contribution in [0.3, 0.4) is 0 Å². The number of carbonyl (C=O) groups is 1. The Labute approximate surface area is 117 Å². The number of hydrogen-bond donors (Lipinski definition) is 0. The van der Waals surface area contributed by atoms with Crippen LogP contribution < -0.4 is 0 Å². The van der Waals surface area contributed by atoms with Crippen molar-refractivity contribution in [2.75, 3.05) is 6.54 Å². The Balaban J connectivity index is 3.09. The van der Waals surface area contributed by atoms with Crippen molar-refractivity contribution in [1.29, 1.82) is 5.26 Å². The number of nitrogens with zero attached hydrogens (tertiary/aromatic N) is 3. The van der Waals surface area contributed by atoms with Crippen LogP contribution in [0.1, 0.15) is 36.2 Å². The number of nitro groups is 1. The van der Waals surface area contributed by atoms with E-state index in [1.807, 2.05) is 19.9 Å². The molecule has 6 nitrogen and oxygen atoms in total. The molecule has 0 fully saturated rings. The SMILES string of the molecule is Cc1ccc(C(=O)N(CCC#N)C(C)C)cc1[N+](=O)[O-]. The van der Waals surface area contributed by atoms with E-state index in [1.165, 1.54) is 11.0 Å². The predicted octanol–water partition coefficient (Wildman–Crippen LogP) is 2.67. The molecule has 0 saturated heterocycles. The second kappa shape index (κ2) is 6.66. The molecule has 0 aromatic heterocycles. The minimum Gasteiger partial charge on any atom is -0.335 e. The van der Waals surface area contributed by atoms with Crippen molar-refractivity contribution in [3.63, 3.8) is 0 Å². The van der Waals surface area contributed by atoms with Crippen LogP contribution >= 0.6 is 0 Å². The van der Waals surface area contributed by atoms with Gasteiger partial charge in [0.1, 0.15) is 0 Å². The zero-order valence-corrected chi connectivity index (χ0v) is 11.8. The zero-order valence-electron chi connectivity index (χ0n) is 11.8. The number of nitro benzene ring substituents is 1. The predicted molar refractivity (Wildman–Crippen MR) is 74.2 cm³/mol. The van der Waals surface area contributed by atoms with Crippen molar-refractivity contribution in [3.8, 4) is 6.07 Å². The number of benzene rings is 1. The van der Waals surface area contributed by atoms with E-state index < -0.39 is 4.92 Å². The quantitative estimate of drug-likeness (QED) is 0.610. The minimum atomic E-state index is -0.499. The van der Waals surface area contributed by atoms with Gasteiger partial charge < -0.3 is 4.90 Å². The van der Waals surface area contributed by atoms with Crippen LogP contribution in [0.25, 0.3) is 0 Å². The lowest BCUT2D eigenvalue weighted by molar-refractivity contribution is -0.385. The van der Waals surface area contributed by atoms with Gasteiger partial charge in [-0.3, -0.25) is 14.9 Å². The van der Waals surface area contributed by atoms with Gasteiger partial charge in [0.15, 0.2) is 0 Å². The van der Waals surface area contributed by atoms with Gasteiger partial charge in [-0.1, -0.05) is 6.07 Å².